The molecule has 3 rings (SSSR count). The first-order valence-electron chi connectivity index (χ1n) is 11.2. The van der Waals surface area contributed by atoms with E-state index in [1.54, 1.807) is 38.1 Å². The lowest BCUT2D eigenvalue weighted by atomic mass is 10.0. The van der Waals surface area contributed by atoms with Crippen LogP contribution in [0.5, 0.6) is 11.5 Å². The first-order chi connectivity index (χ1) is 17.8. The largest absolute Gasteiger partial charge is 0.493 e. The molecule has 2 aromatic carbocycles. The van der Waals surface area contributed by atoms with Gasteiger partial charge in [-0.25, -0.2) is 4.79 Å². The van der Waals surface area contributed by atoms with Crippen molar-refractivity contribution in [3.05, 3.63) is 85.1 Å². The summed E-state index contributed by atoms with van der Waals surface area (Å²) in [5.74, 6) is -0.122. The molecule has 0 atom stereocenters. The second-order valence-corrected chi connectivity index (χ2v) is 9.26. The van der Waals surface area contributed by atoms with E-state index < -0.39 is 11.8 Å². The van der Waals surface area contributed by atoms with Gasteiger partial charge in [-0.3, -0.25) is 4.79 Å². The molecule has 0 radical (unpaired) electrons. The van der Waals surface area contributed by atoms with E-state index in [4.69, 9.17) is 25.8 Å². The topological polar surface area (TPSA) is 109 Å². The van der Waals surface area contributed by atoms with Gasteiger partial charge in [0.25, 0.3) is 0 Å². The van der Waals surface area contributed by atoms with E-state index in [0.29, 0.717) is 32.5 Å². The molecule has 0 bridgehead atoms. The monoisotopic (exact) mass is 534 g/mol. The summed E-state index contributed by atoms with van der Waals surface area (Å²) in [5.41, 5.74) is 1.99. The van der Waals surface area contributed by atoms with Gasteiger partial charge in [-0.1, -0.05) is 35.9 Å². The van der Waals surface area contributed by atoms with Gasteiger partial charge < -0.3 is 14.2 Å². The van der Waals surface area contributed by atoms with Gasteiger partial charge in [0.15, 0.2) is 17.3 Å². The molecule has 0 unspecified atom stereocenters. The van der Waals surface area contributed by atoms with Gasteiger partial charge in [0.1, 0.15) is 23.6 Å². The minimum Gasteiger partial charge on any atom is -0.493 e. The normalized spacial score (nSPS) is 10.8. The molecule has 0 fully saturated rings. The van der Waals surface area contributed by atoms with Crippen LogP contribution in [0.15, 0.2) is 48.0 Å². The molecule has 0 saturated carbocycles. The molecule has 0 aliphatic heterocycles. The summed E-state index contributed by atoms with van der Waals surface area (Å²) in [4.78, 5) is 25.9. The van der Waals surface area contributed by atoms with Crippen molar-refractivity contribution in [2.75, 3.05) is 13.7 Å². The summed E-state index contributed by atoms with van der Waals surface area (Å²) in [5, 5.41) is 19.8. The van der Waals surface area contributed by atoms with Crippen LogP contribution in [0.3, 0.4) is 0 Å². The number of hydrogen-bond acceptors (Lipinski definition) is 8. The van der Waals surface area contributed by atoms with Gasteiger partial charge in [-0.2, -0.15) is 10.5 Å². The van der Waals surface area contributed by atoms with Crippen molar-refractivity contribution in [3.8, 4) is 23.6 Å². The van der Waals surface area contributed by atoms with Crippen molar-refractivity contribution in [3.63, 3.8) is 0 Å². The molecule has 1 heterocycles. The fourth-order valence-electron chi connectivity index (χ4n) is 3.48. The van der Waals surface area contributed by atoms with Gasteiger partial charge in [0, 0.05) is 21.9 Å². The van der Waals surface area contributed by atoms with Gasteiger partial charge in [0.2, 0.25) is 0 Å². The number of carbonyl (C=O) groups is 2. The zero-order chi connectivity index (χ0) is 26.9. The van der Waals surface area contributed by atoms with Crippen LogP contribution in [0.2, 0.25) is 5.02 Å². The zero-order valence-electron chi connectivity index (χ0n) is 20.5. The number of thiophene rings is 1. The summed E-state index contributed by atoms with van der Waals surface area (Å²) in [7, 11) is 1.49. The van der Waals surface area contributed by atoms with E-state index >= 15 is 0 Å². The van der Waals surface area contributed by atoms with E-state index in [9.17, 15) is 20.1 Å². The number of hydrogen-bond donors (Lipinski definition) is 0. The lowest BCUT2D eigenvalue weighted by molar-refractivity contribution is -0.114. The first-order valence-corrected chi connectivity index (χ1v) is 12.4. The number of allylic oxidation sites excluding steroid dienone is 1. The predicted octanol–water partition coefficient (Wildman–Crippen LogP) is 6.06. The maximum absolute atomic E-state index is 13.0. The van der Waals surface area contributed by atoms with Gasteiger partial charge >= 0.3 is 5.97 Å². The fourth-order valence-corrected chi connectivity index (χ4v) is 4.82. The smallest absolute Gasteiger partial charge is 0.348 e. The minimum atomic E-state index is -0.541. The number of benzene rings is 2. The molecule has 3 aromatic rings. The molecule has 0 N–H and O–H groups in total. The van der Waals surface area contributed by atoms with Crippen LogP contribution in [0.1, 0.15) is 43.7 Å². The van der Waals surface area contributed by atoms with E-state index in [-0.39, 0.29) is 35.6 Å². The number of carbonyl (C=O) groups excluding carboxylic acids is 2. The SMILES string of the molecule is CCOC(=O)c1sc(CC(=O)/C(C#N)=C/c2ccc(OCc3ccccc3Cl)c(OC)c2)c(C#N)c1C. The number of ether oxygens (including phenoxy) is 3. The van der Waals surface area contributed by atoms with E-state index in [1.165, 1.54) is 13.2 Å². The Balaban J connectivity index is 1.81. The van der Waals surface area contributed by atoms with E-state index in [1.807, 2.05) is 24.3 Å². The maximum atomic E-state index is 13.0. The van der Waals surface area contributed by atoms with Gasteiger partial charge in [-0.05, 0) is 49.2 Å². The molecule has 188 valence electrons. The molecule has 1 aromatic heterocycles. The highest BCUT2D eigenvalue weighted by Gasteiger charge is 2.23. The lowest BCUT2D eigenvalue weighted by Gasteiger charge is -2.12. The molecule has 0 saturated heterocycles. The molecule has 7 nitrogen and oxygen atoms in total. The van der Waals surface area contributed by atoms with E-state index in [2.05, 4.69) is 6.07 Å². The molecule has 9 heteroatoms. The van der Waals surface area contributed by atoms with Crippen LogP contribution in [-0.2, 0) is 22.6 Å². The number of halogens is 1. The van der Waals surface area contributed by atoms with Crippen molar-refractivity contribution in [2.24, 2.45) is 0 Å². The highest BCUT2D eigenvalue weighted by Crippen LogP contribution is 2.32. The summed E-state index contributed by atoms with van der Waals surface area (Å²) in [6.45, 7) is 3.76. The first kappa shape index (κ1) is 27.5. The Labute approximate surface area is 224 Å². The van der Waals surface area contributed by atoms with Crippen molar-refractivity contribution >= 4 is 40.8 Å². The van der Waals surface area contributed by atoms with E-state index in [0.717, 1.165) is 16.9 Å². The van der Waals surface area contributed by atoms with Crippen LogP contribution >= 0.6 is 22.9 Å². The fraction of sp³-hybridized carbons (Fsp3) is 0.214. The number of ketones is 1. The summed E-state index contributed by atoms with van der Waals surface area (Å²) in [6, 6.07) is 16.4. The van der Waals surface area contributed by atoms with Crippen LogP contribution < -0.4 is 9.47 Å². The maximum Gasteiger partial charge on any atom is 0.348 e. The minimum absolute atomic E-state index is 0.0978. The lowest BCUT2D eigenvalue weighted by Crippen LogP contribution is -2.05. The summed E-state index contributed by atoms with van der Waals surface area (Å²) in [6.07, 6.45) is 1.25. The molecule has 0 aliphatic rings. The quantitative estimate of drug-likeness (QED) is 0.176. The molecule has 37 heavy (non-hydrogen) atoms. The van der Waals surface area contributed by atoms with Crippen LogP contribution in [0.4, 0.5) is 0 Å². The van der Waals surface area contributed by atoms with Crippen LogP contribution in [0.25, 0.3) is 6.08 Å². The number of rotatable bonds is 10. The molecular weight excluding hydrogens is 512 g/mol. The molecule has 0 amide bonds. The van der Waals surface area contributed by atoms with Crippen LogP contribution in [-0.4, -0.2) is 25.5 Å². The Morgan fingerprint density at radius 3 is 2.54 bits per heavy atom. The second kappa shape index (κ2) is 12.7. The highest BCUT2D eigenvalue weighted by atomic mass is 35.5. The number of nitriles is 2. The highest BCUT2D eigenvalue weighted by molar-refractivity contribution is 7.14. The number of esters is 1. The molecule has 0 aliphatic carbocycles. The van der Waals surface area contributed by atoms with Crippen molar-refractivity contribution in [2.45, 2.75) is 26.9 Å². The summed E-state index contributed by atoms with van der Waals surface area (Å²) >= 11 is 7.22. The number of Topliss-reactive ketones (excluding diaryl/α,β-unsaturated/α-hetero) is 1. The van der Waals surface area contributed by atoms with Gasteiger partial charge in [-0.15, -0.1) is 11.3 Å². The average molecular weight is 535 g/mol. The Morgan fingerprint density at radius 1 is 1.14 bits per heavy atom. The van der Waals surface area contributed by atoms with Crippen molar-refractivity contribution in [1.29, 1.82) is 10.5 Å². The third kappa shape index (κ3) is 6.56. The predicted molar refractivity (Wildman–Crippen MR) is 141 cm³/mol. The second-order valence-electron chi connectivity index (χ2n) is 7.75. The number of methoxy groups -OCH3 is 1. The average Bonchev–Trinajstić information content (AvgIpc) is 3.21. The Hall–Kier alpha value is -4.11. The standard InChI is InChI=1S/C28H23ClN2O5S/c1-4-35-28(33)27-17(2)21(15-31)26(37-27)13-23(32)20(14-30)11-18-9-10-24(25(12-18)34-3)36-16-19-7-5-6-8-22(19)29/h5-12H,4,13,16H2,1-3H3/b20-11+. The third-order valence-corrected chi connectivity index (χ3v) is 7.01. The third-order valence-electron chi connectivity index (χ3n) is 5.37. The van der Waals surface area contributed by atoms with Crippen molar-refractivity contribution in [1.82, 2.24) is 0 Å². The summed E-state index contributed by atoms with van der Waals surface area (Å²) < 4.78 is 16.3. The molecular formula is C28H23ClN2O5S. The number of nitrogens with zero attached hydrogens (tertiary/aromatic N) is 2. The Kier molecular flexibility index (Phi) is 9.45. The van der Waals surface area contributed by atoms with Crippen LogP contribution in [0, 0.1) is 29.6 Å². The van der Waals surface area contributed by atoms with Gasteiger partial charge in [0.05, 0.1) is 24.9 Å². The zero-order valence-corrected chi connectivity index (χ0v) is 22.0. The molecule has 0 spiro atoms. The Bertz CT molecular complexity index is 1450. The van der Waals surface area contributed by atoms with Crippen molar-refractivity contribution < 1.29 is 23.8 Å². The Morgan fingerprint density at radius 2 is 1.89 bits per heavy atom.